The molecule has 2 aromatic carbocycles. The van der Waals surface area contributed by atoms with Gasteiger partial charge in [-0.3, -0.25) is 4.79 Å². The number of carbonyl (C=O) groups is 1. The molecule has 6 heteroatoms. The molecule has 1 aromatic heterocycles. The molecular weight excluding hydrogens is 330 g/mol. The molecule has 1 N–H and O–H groups in total. The van der Waals surface area contributed by atoms with E-state index in [2.05, 4.69) is 10.3 Å². The topological polar surface area (TPSA) is 42.0 Å². The molecule has 0 unspecified atom stereocenters. The largest absolute Gasteiger partial charge is 0.346 e. The fourth-order valence-corrected chi connectivity index (χ4v) is 3.10. The molecule has 1 heterocycles. The van der Waals surface area contributed by atoms with Gasteiger partial charge >= 0.3 is 0 Å². The van der Waals surface area contributed by atoms with Crippen LogP contribution in [0.1, 0.15) is 25.8 Å². The third kappa shape index (κ3) is 4.23. The number of rotatable bonds is 5. The lowest BCUT2D eigenvalue weighted by Crippen LogP contribution is -2.22. The average Bonchev–Trinajstić information content (AvgIpc) is 3.02. The molecule has 0 bridgehead atoms. The predicted molar refractivity (Wildman–Crippen MR) is 88.9 cm³/mol. The number of nitrogens with one attached hydrogen (secondary N) is 1. The van der Waals surface area contributed by atoms with E-state index in [1.54, 1.807) is 24.4 Å². The summed E-state index contributed by atoms with van der Waals surface area (Å²) in [5, 5.41) is 3.48. The maximum Gasteiger partial charge on any atom is 0.251 e. The Bertz CT molecular complexity index is 846. The standard InChI is InChI=1S/C18H14F2N2OS/c19-14-6-4-12(5-7-14)8-16-10-21-17(24-16)11-22-18(23)13-2-1-3-15(20)9-13/h1-7,9-10H,8,11H2,(H,22,23). The van der Waals surface area contributed by atoms with E-state index < -0.39 is 5.82 Å². The van der Waals surface area contributed by atoms with Gasteiger partial charge in [-0.25, -0.2) is 13.8 Å². The van der Waals surface area contributed by atoms with Crippen LogP contribution in [0, 0.1) is 11.6 Å². The Balaban J connectivity index is 1.58. The minimum Gasteiger partial charge on any atom is -0.346 e. The third-order valence-corrected chi connectivity index (χ3v) is 4.38. The predicted octanol–water partition coefficient (Wildman–Crippen LogP) is 3.94. The second kappa shape index (κ2) is 7.31. The molecule has 3 nitrogen and oxygen atoms in total. The molecule has 1 amide bonds. The van der Waals surface area contributed by atoms with Crippen LogP contribution in [0.2, 0.25) is 0 Å². The molecular formula is C18H14F2N2OS. The van der Waals surface area contributed by atoms with Gasteiger partial charge in [-0.15, -0.1) is 11.3 Å². The number of carbonyl (C=O) groups excluding carboxylic acids is 1. The first-order valence-electron chi connectivity index (χ1n) is 7.32. The molecule has 3 rings (SSSR count). The van der Waals surface area contributed by atoms with Crippen LogP contribution in [0.15, 0.2) is 54.7 Å². The summed E-state index contributed by atoms with van der Waals surface area (Å²) in [6, 6.07) is 11.9. The summed E-state index contributed by atoms with van der Waals surface area (Å²) in [6.45, 7) is 0.281. The van der Waals surface area contributed by atoms with Gasteiger partial charge < -0.3 is 5.32 Å². The number of halogens is 2. The Labute approximate surface area is 142 Å². The summed E-state index contributed by atoms with van der Waals surface area (Å²) in [6.07, 6.45) is 2.41. The molecule has 0 saturated heterocycles. The van der Waals surface area contributed by atoms with Crippen LogP contribution in [0.4, 0.5) is 8.78 Å². The number of hydrogen-bond donors (Lipinski definition) is 1. The van der Waals surface area contributed by atoms with Crippen molar-refractivity contribution in [1.29, 1.82) is 0 Å². The van der Waals surface area contributed by atoms with Crippen LogP contribution in [0.5, 0.6) is 0 Å². The Morgan fingerprint density at radius 3 is 2.62 bits per heavy atom. The van der Waals surface area contributed by atoms with Gasteiger partial charge in [-0.05, 0) is 35.9 Å². The van der Waals surface area contributed by atoms with Gasteiger partial charge in [-0.1, -0.05) is 18.2 Å². The average molecular weight is 344 g/mol. The van der Waals surface area contributed by atoms with E-state index in [1.165, 1.54) is 41.7 Å². The van der Waals surface area contributed by atoms with E-state index in [9.17, 15) is 13.6 Å². The normalized spacial score (nSPS) is 10.6. The zero-order chi connectivity index (χ0) is 16.9. The molecule has 122 valence electrons. The number of benzene rings is 2. The van der Waals surface area contributed by atoms with Crippen LogP contribution in [0.3, 0.4) is 0 Å². The van der Waals surface area contributed by atoms with Crippen molar-refractivity contribution in [2.45, 2.75) is 13.0 Å². The zero-order valence-corrected chi connectivity index (χ0v) is 13.4. The van der Waals surface area contributed by atoms with Crippen molar-refractivity contribution in [3.8, 4) is 0 Å². The summed E-state index contributed by atoms with van der Waals surface area (Å²) in [4.78, 5) is 17.3. The van der Waals surface area contributed by atoms with Crippen molar-refractivity contribution in [3.63, 3.8) is 0 Å². The molecule has 0 atom stereocenters. The minimum atomic E-state index is -0.446. The molecule has 0 fully saturated rings. The van der Waals surface area contributed by atoms with Gasteiger partial charge in [0.25, 0.3) is 5.91 Å². The molecule has 0 saturated carbocycles. The van der Waals surface area contributed by atoms with Crippen LogP contribution in [-0.4, -0.2) is 10.9 Å². The Morgan fingerprint density at radius 1 is 1.08 bits per heavy atom. The number of thiazole rings is 1. The van der Waals surface area contributed by atoms with Crippen molar-refractivity contribution in [1.82, 2.24) is 10.3 Å². The summed E-state index contributed by atoms with van der Waals surface area (Å²) in [5.41, 5.74) is 1.27. The van der Waals surface area contributed by atoms with E-state index in [1.807, 2.05) is 0 Å². The van der Waals surface area contributed by atoms with Crippen LogP contribution in [-0.2, 0) is 13.0 Å². The lowest BCUT2D eigenvalue weighted by atomic mass is 10.1. The van der Waals surface area contributed by atoms with Gasteiger partial charge in [0.05, 0.1) is 6.54 Å². The molecule has 0 aliphatic heterocycles. The maximum absolute atomic E-state index is 13.1. The van der Waals surface area contributed by atoms with E-state index in [-0.39, 0.29) is 23.8 Å². The lowest BCUT2D eigenvalue weighted by Gasteiger charge is -2.03. The lowest BCUT2D eigenvalue weighted by molar-refractivity contribution is 0.0950. The first-order valence-corrected chi connectivity index (χ1v) is 8.13. The summed E-state index contributed by atoms with van der Waals surface area (Å²) < 4.78 is 26.0. The molecule has 0 spiro atoms. The van der Waals surface area contributed by atoms with Crippen molar-refractivity contribution in [3.05, 3.63) is 87.4 Å². The maximum atomic E-state index is 13.1. The Kier molecular flexibility index (Phi) is 4.96. The smallest absolute Gasteiger partial charge is 0.251 e. The molecule has 0 radical (unpaired) electrons. The fraction of sp³-hybridized carbons (Fsp3) is 0.111. The van der Waals surface area contributed by atoms with E-state index in [4.69, 9.17) is 0 Å². The third-order valence-electron chi connectivity index (χ3n) is 3.38. The quantitative estimate of drug-likeness (QED) is 0.762. The second-order valence-electron chi connectivity index (χ2n) is 5.22. The van der Waals surface area contributed by atoms with Crippen LogP contribution < -0.4 is 5.32 Å². The van der Waals surface area contributed by atoms with Crippen molar-refractivity contribution in [2.24, 2.45) is 0 Å². The van der Waals surface area contributed by atoms with Crippen molar-refractivity contribution >= 4 is 17.2 Å². The fourth-order valence-electron chi connectivity index (χ4n) is 2.20. The molecule has 3 aromatic rings. The van der Waals surface area contributed by atoms with Gasteiger partial charge in [-0.2, -0.15) is 0 Å². The van der Waals surface area contributed by atoms with Gasteiger partial charge in [0, 0.05) is 23.1 Å². The highest BCUT2D eigenvalue weighted by molar-refractivity contribution is 7.11. The zero-order valence-electron chi connectivity index (χ0n) is 12.6. The number of hydrogen-bond acceptors (Lipinski definition) is 3. The molecule has 0 aliphatic carbocycles. The van der Waals surface area contributed by atoms with Gasteiger partial charge in [0.1, 0.15) is 16.6 Å². The van der Waals surface area contributed by atoms with Gasteiger partial charge in [0.2, 0.25) is 0 Å². The van der Waals surface area contributed by atoms with Crippen LogP contribution >= 0.6 is 11.3 Å². The molecule has 24 heavy (non-hydrogen) atoms. The summed E-state index contributed by atoms with van der Waals surface area (Å²) in [7, 11) is 0. The van der Waals surface area contributed by atoms with E-state index in [0.29, 0.717) is 6.42 Å². The Morgan fingerprint density at radius 2 is 1.88 bits per heavy atom. The monoisotopic (exact) mass is 344 g/mol. The van der Waals surface area contributed by atoms with Crippen LogP contribution in [0.25, 0.3) is 0 Å². The van der Waals surface area contributed by atoms with Gasteiger partial charge in [0.15, 0.2) is 0 Å². The SMILES string of the molecule is O=C(NCc1ncc(Cc2ccc(F)cc2)s1)c1cccc(F)c1. The minimum absolute atomic E-state index is 0.260. The highest BCUT2D eigenvalue weighted by Crippen LogP contribution is 2.17. The Hall–Kier alpha value is -2.60. The molecule has 0 aliphatic rings. The van der Waals surface area contributed by atoms with E-state index in [0.717, 1.165) is 15.4 Å². The number of aromatic nitrogens is 1. The highest BCUT2D eigenvalue weighted by Gasteiger charge is 2.08. The first kappa shape index (κ1) is 16.3. The number of amides is 1. The van der Waals surface area contributed by atoms with Crippen molar-refractivity contribution in [2.75, 3.05) is 0 Å². The van der Waals surface area contributed by atoms with Crippen molar-refractivity contribution < 1.29 is 13.6 Å². The highest BCUT2D eigenvalue weighted by atomic mass is 32.1. The first-order chi connectivity index (χ1) is 11.6. The summed E-state index contributed by atoms with van der Waals surface area (Å²) >= 11 is 1.48. The van der Waals surface area contributed by atoms with E-state index >= 15 is 0 Å². The second-order valence-corrected chi connectivity index (χ2v) is 6.42. The number of nitrogens with zero attached hydrogens (tertiary/aromatic N) is 1. The summed E-state index contributed by atoms with van der Waals surface area (Å²) in [5.74, 6) is -1.05.